The molecule has 222 valence electrons. The van der Waals surface area contributed by atoms with Gasteiger partial charge in [-0.05, 0) is 65.6 Å². The summed E-state index contributed by atoms with van der Waals surface area (Å²) in [5.74, 6) is -0.392. The quantitative estimate of drug-likeness (QED) is 0.135. The van der Waals surface area contributed by atoms with E-state index in [9.17, 15) is 14.9 Å². The van der Waals surface area contributed by atoms with Gasteiger partial charge in [0.25, 0.3) is 5.91 Å². The molecule has 45 heavy (non-hydrogen) atoms. The van der Waals surface area contributed by atoms with Crippen LogP contribution < -0.4 is 15.0 Å². The Balaban J connectivity index is 1.61. The van der Waals surface area contributed by atoms with Crippen LogP contribution in [0, 0.1) is 11.3 Å². The van der Waals surface area contributed by atoms with E-state index in [1.165, 1.54) is 11.0 Å². The number of methoxy groups -OCH3 is 1. The minimum absolute atomic E-state index is 0.134. The molecule has 0 fully saturated rings. The van der Waals surface area contributed by atoms with Crippen LogP contribution in [-0.4, -0.2) is 23.9 Å². The molecule has 7 heteroatoms. The summed E-state index contributed by atoms with van der Waals surface area (Å²) in [6.07, 6.45) is 4.68. The van der Waals surface area contributed by atoms with Gasteiger partial charge in [-0.3, -0.25) is 19.5 Å². The molecule has 0 aliphatic heterocycles. The first-order chi connectivity index (χ1) is 22.0. The van der Waals surface area contributed by atoms with Crippen LogP contribution in [-0.2, 0) is 9.59 Å². The summed E-state index contributed by atoms with van der Waals surface area (Å²) in [7, 11) is 1.57. The highest BCUT2D eigenvalue weighted by Gasteiger charge is 2.35. The van der Waals surface area contributed by atoms with E-state index < -0.39 is 17.9 Å². The molecule has 1 aromatic heterocycles. The van der Waals surface area contributed by atoms with Gasteiger partial charge in [-0.25, -0.2) is 0 Å². The van der Waals surface area contributed by atoms with Crippen LogP contribution in [0.1, 0.15) is 35.7 Å². The van der Waals surface area contributed by atoms with Crippen molar-refractivity contribution in [2.45, 2.75) is 19.0 Å². The molecular formula is C38H32N4O3. The molecule has 5 rings (SSSR count). The summed E-state index contributed by atoms with van der Waals surface area (Å²) in [4.78, 5) is 34.3. The maximum Gasteiger partial charge on any atom is 0.269 e. The van der Waals surface area contributed by atoms with Gasteiger partial charge in [-0.2, -0.15) is 5.26 Å². The van der Waals surface area contributed by atoms with Gasteiger partial charge >= 0.3 is 0 Å². The zero-order chi connectivity index (χ0) is 31.6. The number of benzene rings is 4. The van der Waals surface area contributed by atoms with E-state index in [2.05, 4.69) is 16.4 Å². The van der Waals surface area contributed by atoms with Crippen LogP contribution in [0.5, 0.6) is 5.75 Å². The number of rotatable bonds is 10. The van der Waals surface area contributed by atoms with Gasteiger partial charge in [-0.1, -0.05) is 91.0 Å². The summed E-state index contributed by atoms with van der Waals surface area (Å²) >= 11 is 0. The number of nitriles is 1. The highest BCUT2D eigenvalue weighted by atomic mass is 16.5. The van der Waals surface area contributed by atoms with Crippen LogP contribution in [0.4, 0.5) is 5.69 Å². The van der Waals surface area contributed by atoms with Gasteiger partial charge < -0.3 is 10.1 Å². The molecule has 1 heterocycles. The molecule has 0 spiro atoms. The summed E-state index contributed by atoms with van der Waals surface area (Å²) in [6.45, 7) is 1.89. The van der Waals surface area contributed by atoms with E-state index in [0.29, 0.717) is 22.6 Å². The second-order valence-electron chi connectivity index (χ2n) is 10.4. The topological polar surface area (TPSA) is 95.3 Å². The lowest BCUT2D eigenvalue weighted by molar-refractivity contribution is -0.126. The molecule has 2 amide bonds. The number of amides is 2. The van der Waals surface area contributed by atoms with Crippen molar-refractivity contribution in [2.75, 3.05) is 12.0 Å². The van der Waals surface area contributed by atoms with Gasteiger partial charge in [0, 0.05) is 23.6 Å². The predicted octanol–water partition coefficient (Wildman–Crippen LogP) is 7.32. The van der Waals surface area contributed by atoms with Crippen molar-refractivity contribution in [1.82, 2.24) is 10.3 Å². The second kappa shape index (κ2) is 14.5. The van der Waals surface area contributed by atoms with E-state index in [-0.39, 0.29) is 11.6 Å². The number of carbonyl (C=O) groups excluding carboxylic acids is 2. The predicted molar refractivity (Wildman–Crippen MR) is 176 cm³/mol. The molecule has 0 saturated carbocycles. The molecule has 0 radical (unpaired) electrons. The summed E-state index contributed by atoms with van der Waals surface area (Å²) < 4.78 is 5.24. The molecule has 7 nitrogen and oxygen atoms in total. The Hall–Kier alpha value is -6.00. The number of anilines is 1. The van der Waals surface area contributed by atoms with Crippen LogP contribution in [0.3, 0.4) is 0 Å². The summed E-state index contributed by atoms with van der Waals surface area (Å²) in [6, 6.07) is 37.9. The Morgan fingerprint density at radius 3 is 2.04 bits per heavy atom. The van der Waals surface area contributed by atoms with Crippen molar-refractivity contribution in [2.24, 2.45) is 0 Å². The molecule has 0 unspecified atom stereocenters. The maximum atomic E-state index is 14.4. The smallest absolute Gasteiger partial charge is 0.269 e. The van der Waals surface area contributed by atoms with E-state index >= 15 is 0 Å². The third-order valence-electron chi connectivity index (χ3n) is 7.41. The first-order valence-electron chi connectivity index (χ1n) is 14.5. The number of nitrogens with one attached hydrogen (secondary N) is 1. The zero-order valence-electron chi connectivity index (χ0n) is 25.0. The highest BCUT2D eigenvalue weighted by Crippen LogP contribution is 2.32. The number of ether oxygens (including phenoxy) is 1. The van der Waals surface area contributed by atoms with Crippen molar-refractivity contribution in [3.8, 4) is 22.9 Å². The number of aromatic nitrogens is 1. The molecule has 0 saturated heterocycles. The number of hydrogen-bond acceptors (Lipinski definition) is 5. The Morgan fingerprint density at radius 2 is 1.44 bits per heavy atom. The van der Waals surface area contributed by atoms with Crippen molar-refractivity contribution >= 4 is 23.6 Å². The fourth-order valence-corrected chi connectivity index (χ4v) is 5.04. The van der Waals surface area contributed by atoms with Gasteiger partial charge in [0.1, 0.15) is 23.4 Å². The second-order valence-corrected chi connectivity index (χ2v) is 10.4. The van der Waals surface area contributed by atoms with Gasteiger partial charge in [0.05, 0.1) is 13.2 Å². The highest BCUT2D eigenvalue weighted by molar-refractivity contribution is 6.14. The Bertz CT molecular complexity index is 1800. The van der Waals surface area contributed by atoms with E-state index in [0.717, 1.165) is 16.7 Å². The van der Waals surface area contributed by atoms with E-state index in [4.69, 9.17) is 4.74 Å². The van der Waals surface area contributed by atoms with E-state index in [1.54, 1.807) is 68.0 Å². The third-order valence-corrected chi connectivity index (χ3v) is 7.41. The summed E-state index contributed by atoms with van der Waals surface area (Å²) in [5.41, 5.74) is 4.33. The maximum absolute atomic E-state index is 14.4. The molecule has 4 aromatic carbocycles. The van der Waals surface area contributed by atoms with Crippen LogP contribution >= 0.6 is 0 Å². The SMILES string of the molecule is COc1ccc(/C=C(\C#N)C(=O)N(c2ccc(-c3ccccc3)cc2)[C@@H](C(=O)N[C@@H](C)c2ccccc2)c2cccnc2)cc1. The number of carbonyl (C=O) groups is 2. The lowest BCUT2D eigenvalue weighted by atomic mass is 10.0. The first-order valence-corrected chi connectivity index (χ1v) is 14.5. The Morgan fingerprint density at radius 1 is 0.822 bits per heavy atom. The average Bonchev–Trinajstić information content (AvgIpc) is 3.10. The molecule has 1 N–H and O–H groups in total. The van der Waals surface area contributed by atoms with Crippen molar-refractivity contribution in [1.29, 1.82) is 5.26 Å². The summed E-state index contributed by atoms with van der Waals surface area (Å²) in [5, 5.41) is 13.3. The van der Waals surface area contributed by atoms with Crippen molar-refractivity contribution in [3.05, 3.63) is 156 Å². The lowest BCUT2D eigenvalue weighted by Gasteiger charge is -2.32. The van der Waals surface area contributed by atoms with Crippen LogP contribution in [0.25, 0.3) is 17.2 Å². The number of nitrogens with zero attached hydrogens (tertiary/aromatic N) is 3. The lowest BCUT2D eigenvalue weighted by Crippen LogP contribution is -2.45. The van der Waals surface area contributed by atoms with Gasteiger partial charge in [0.2, 0.25) is 5.91 Å². The van der Waals surface area contributed by atoms with Gasteiger partial charge in [0.15, 0.2) is 0 Å². The van der Waals surface area contributed by atoms with E-state index in [1.807, 2.05) is 79.7 Å². The normalized spacial score (nSPS) is 12.3. The van der Waals surface area contributed by atoms with Gasteiger partial charge in [-0.15, -0.1) is 0 Å². The monoisotopic (exact) mass is 592 g/mol. The van der Waals surface area contributed by atoms with Crippen LogP contribution in [0.2, 0.25) is 0 Å². The fraction of sp³-hybridized carbons (Fsp3) is 0.105. The first kappa shape index (κ1) is 30.5. The average molecular weight is 593 g/mol. The number of pyridine rings is 1. The molecule has 0 bridgehead atoms. The van der Waals surface area contributed by atoms with Crippen LogP contribution in [0.15, 0.2) is 139 Å². The zero-order valence-corrected chi connectivity index (χ0v) is 25.0. The minimum Gasteiger partial charge on any atom is -0.497 e. The largest absolute Gasteiger partial charge is 0.497 e. The molecule has 0 aliphatic rings. The minimum atomic E-state index is -1.13. The number of hydrogen-bond donors (Lipinski definition) is 1. The van der Waals surface area contributed by atoms with Crippen molar-refractivity contribution in [3.63, 3.8) is 0 Å². The Kier molecular flexibility index (Phi) is 9.78. The molecule has 0 aliphatic carbocycles. The molecular weight excluding hydrogens is 560 g/mol. The molecule has 2 atom stereocenters. The fourth-order valence-electron chi connectivity index (χ4n) is 5.04. The van der Waals surface area contributed by atoms with Crippen molar-refractivity contribution < 1.29 is 14.3 Å². The standard InChI is InChI=1S/C38H32N4O3/c1-27(29-10-5-3-6-11-29)41-37(43)36(32-14-9-23-40-26-32)42(34-19-17-31(18-20-34)30-12-7-4-8-13-30)38(44)33(25-39)24-28-15-21-35(45-2)22-16-28/h3-24,26-27,36H,1-2H3,(H,41,43)/b33-24+/t27-,36+/m0/s1. The molecule has 5 aromatic rings. The third kappa shape index (κ3) is 7.32. The Labute approximate surface area is 263 Å².